The van der Waals surface area contributed by atoms with E-state index in [9.17, 15) is 9.90 Å². The molecule has 2 aromatic carbocycles. The highest BCUT2D eigenvalue weighted by molar-refractivity contribution is 5.95. The van der Waals surface area contributed by atoms with Crippen molar-refractivity contribution in [2.75, 3.05) is 37.0 Å². The van der Waals surface area contributed by atoms with Gasteiger partial charge in [-0.25, -0.2) is 5.43 Å². The summed E-state index contributed by atoms with van der Waals surface area (Å²) in [5, 5.41) is 14.1. The topological polar surface area (TPSA) is 68.2 Å². The molecule has 0 radical (unpaired) electrons. The first-order valence-corrected chi connectivity index (χ1v) is 8.65. The van der Waals surface area contributed by atoms with E-state index in [4.69, 9.17) is 0 Å². The number of carbonyl (C=O) groups excluding carboxylic acids is 1. The lowest BCUT2D eigenvalue weighted by atomic mass is 10.2. The molecule has 0 spiro atoms. The third-order valence-corrected chi connectivity index (χ3v) is 4.16. The minimum absolute atomic E-state index is 0.128. The molecule has 0 saturated carbocycles. The Bertz CT molecular complexity index is 766. The smallest absolute Gasteiger partial charge is 0.271 e. The Morgan fingerprint density at radius 2 is 1.69 bits per heavy atom. The number of hydrogen-bond donors (Lipinski definition) is 2. The van der Waals surface area contributed by atoms with E-state index in [-0.39, 0.29) is 11.7 Å². The van der Waals surface area contributed by atoms with Crippen LogP contribution in [0.3, 0.4) is 0 Å². The lowest BCUT2D eigenvalue weighted by Gasteiger charge is -2.21. The van der Waals surface area contributed by atoms with E-state index in [1.807, 2.05) is 37.2 Å². The van der Waals surface area contributed by atoms with Crippen LogP contribution in [0.25, 0.3) is 0 Å². The third-order valence-electron chi connectivity index (χ3n) is 4.16. The van der Waals surface area contributed by atoms with Gasteiger partial charge in [0.2, 0.25) is 0 Å². The summed E-state index contributed by atoms with van der Waals surface area (Å²) in [5.74, 6) is -0.173. The van der Waals surface area contributed by atoms with Gasteiger partial charge in [-0.2, -0.15) is 5.10 Å². The lowest BCUT2D eigenvalue weighted by Crippen LogP contribution is -2.21. The van der Waals surface area contributed by atoms with E-state index in [1.54, 1.807) is 24.3 Å². The van der Waals surface area contributed by atoms with Crippen molar-refractivity contribution in [3.8, 4) is 5.75 Å². The van der Waals surface area contributed by atoms with Crippen LogP contribution < -0.4 is 15.2 Å². The number of amides is 1. The first-order chi connectivity index (χ1) is 12.5. The molecule has 26 heavy (non-hydrogen) atoms. The second-order valence-corrected chi connectivity index (χ2v) is 6.06. The summed E-state index contributed by atoms with van der Waals surface area (Å²) < 4.78 is 0. The molecule has 0 bridgehead atoms. The summed E-state index contributed by atoms with van der Waals surface area (Å²) in [4.78, 5) is 16.2. The normalized spacial score (nSPS) is 10.8. The Morgan fingerprint density at radius 1 is 1.08 bits per heavy atom. The number of phenols is 1. The fourth-order valence-electron chi connectivity index (χ4n) is 2.56. The predicted molar refractivity (Wildman–Crippen MR) is 107 cm³/mol. The molecule has 2 aromatic rings. The molecule has 1 amide bonds. The summed E-state index contributed by atoms with van der Waals surface area (Å²) in [6.45, 7) is 5.87. The van der Waals surface area contributed by atoms with E-state index in [0.717, 1.165) is 24.5 Å². The van der Waals surface area contributed by atoms with Gasteiger partial charge in [-0.3, -0.25) is 4.79 Å². The zero-order valence-electron chi connectivity index (χ0n) is 15.7. The molecule has 0 unspecified atom stereocenters. The average Bonchev–Trinajstić information content (AvgIpc) is 2.64. The molecule has 0 aliphatic rings. The van der Waals surface area contributed by atoms with Gasteiger partial charge >= 0.3 is 0 Å². The highest BCUT2D eigenvalue weighted by atomic mass is 16.3. The van der Waals surface area contributed by atoms with Crippen LogP contribution in [0.4, 0.5) is 11.4 Å². The molecule has 0 atom stereocenters. The van der Waals surface area contributed by atoms with Gasteiger partial charge < -0.3 is 14.9 Å². The monoisotopic (exact) mass is 354 g/mol. The number of phenolic OH excluding ortho intramolecular Hbond substituents is 1. The van der Waals surface area contributed by atoms with Gasteiger partial charge in [-0.15, -0.1) is 0 Å². The van der Waals surface area contributed by atoms with Gasteiger partial charge in [0.25, 0.3) is 5.91 Å². The van der Waals surface area contributed by atoms with Crippen LogP contribution in [0.15, 0.2) is 47.6 Å². The van der Waals surface area contributed by atoms with Crippen LogP contribution in [-0.4, -0.2) is 44.4 Å². The Labute approximate surface area is 154 Å². The molecular weight excluding hydrogens is 328 g/mol. The number of aromatic hydroxyl groups is 1. The van der Waals surface area contributed by atoms with Gasteiger partial charge in [0.1, 0.15) is 5.75 Å². The van der Waals surface area contributed by atoms with E-state index in [0.29, 0.717) is 11.1 Å². The fraction of sp³-hybridized carbons (Fsp3) is 0.300. The number of hydrogen-bond acceptors (Lipinski definition) is 5. The minimum Gasteiger partial charge on any atom is -0.507 e. The second-order valence-electron chi connectivity index (χ2n) is 6.06. The highest BCUT2D eigenvalue weighted by Gasteiger charge is 2.07. The molecule has 0 aliphatic heterocycles. The summed E-state index contributed by atoms with van der Waals surface area (Å²) >= 11 is 0. The molecule has 2 N–H and O–H groups in total. The van der Waals surface area contributed by atoms with E-state index in [2.05, 4.69) is 29.3 Å². The van der Waals surface area contributed by atoms with Crippen molar-refractivity contribution in [2.45, 2.75) is 13.8 Å². The molecule has 0 heterocycles. The molecule has 0 saturated heterocycles. The molecule has 6 nitrogen and oxygen atoms in total. The number of anilines is 2. The standard InChI is InChI=1S/C20H26N4O2/c1-5-24(6-2)18-12-9-16(19(25)13-18)14-21-22-20(26)15-7-10-17(11-8-15)23(3)4/h7-14,25H,5-6H2,1-4H3,(H,22,26). The highest BCUT2D eigenvalue weighted by Crippen LogP contribution is 2.23. The lowest BCUT2D eigenvalue weighted by molar-refractivity contribution is 0.0955. The quantitative estimate of drug-likeness (QED) is 0.592. The molecule has 0 aromatic heterocycles. The molecule has 0 fully saturated rings. The summed E-state index contributed by atoms with van der Waals surface area (Å²) in [6, 6.07) is 12.6. The number of carbonyl (C=O) groups is 1. The maximum atomic E-state index is 12.1. The van der Waals surface area contributed by atoms with Crippen LogP contribution in [0.1, 0.15) is 29.8 Å². The Morgan fingerprint density at radius 3 is 2.23 bits per heavy atom. The van der Waals surface area contributed by atoms with Crippen molar-refractivity contribution in [3.05, 3.63) is 53.6 Å². The number of nitrogens with one attached hydrogen (secondary N) is 1. The van der Waals surface area contributed by atoms with E-state index >= 15 is 0 Å². The van der Waals surface area contributed by atoms with Gasteiger partial charge in [0.15, 0.2) is 0 Å². The van der Waals surface area contributed by atoms with Crippen molar-refractivity contribution >= 4 is 23.5 Å². The summed E-state index contributed by atoms with van der Waals surface area (Å²) in [5.41, 5.74) is 5.52. The predicted octanol–water partition coefficient (Wildman–Crippen LogP) is 3.07. The molecule has 2 rings (SSSR count). The summed E-state index contributed by atoms with van der Waals surface area (Å²) in [6.07, 6.45) is 1.44. The first kappa shape index (κ1) is 19.3. The van der Waals surface area contributed by atoms with Crippen molar-refractivity contribution < 1.29 is 9.90 Å². The maximum absolute atomic E-state index is 12.1. The molecular formula is C20H26N4O2. The van der Waals surface area contributed by atoms with Crippen LogP contribution in [0, 0.1) is 0 Å². The summed E-state index contributed by atoms with van der Waals surface area (Å²) in [7, 11) is 3.88. The number of rotatable bonds is 7. The van der Waals surface area contributed by atoms with Gasteiger partial charge in [-0.1, -0.05) is 0 Å². The average molecular weight is 354 g/mol. The Balaban J connectivity index is 2.02. The van der Waals surface area contributed by atoms with Crippen LogP contribution in [-0.2, 0) is 0 Å². The largest absolute Gasteiger partial charge is 0.507 e. The van der Waals surface area contributed by atoms with Gasteiger partial charge in [0, 0.05) is 55.8 Å². The molecule has 0 aliphatic carbocycles. The Kier molecular flexibility index (Phi) is 6.60. The Hall–Kier alpha value is -3.02. The molecule has 6 heteroatoms. The first-order valence-electron chi connectivity index (χ1n) is 8.65. The van der Waals surface area contributed by atoms with Crippen molar-refractivity contribution in [3.63, 3.8) is 0 Å². The molecule has 138 valence electrons. The van der Waals surface area contributed by atoms with E-state index < -0.39 is 0 Å². The van der Waals surface area contributed by atoms with Gasteiger partial charge in [-0.05, 0) is 50.2 Å². The zero-order chi connectivity index (χ0) is 19.1. The number of hydrazone groups is 1. The van der Waals surface area contributed by atoms with Crippen LogP contribution in [0.5, 0.6) is 5.75 Å². The number of nitrogens with zero attached hydrogens (tertiary/aromatic N) is 3. The van der Waals surface area contributed by atoms with Crippen molar-refractivity contribution in [2.24, 2.45) is 5.10 Å². The SMILES string of the molecule is CCN(CC)c1ccc(C=NNC(=O)c2ccc(N(C)C)cc2)c(O)c1. The third kappa shape index (κ3) is 4.75. The fourth-order valence-corrected chi connectivity index (χ4v) is 2.56. The van der Waals surface area contributed by atoms with E-state index in [1.165, 1.54) is 6.21 Å². The zero-order valence-corrected chi connectivity index (χ0v) is 15.7. The van der Waals surface area contributed by atoms with Crippen LogP contribution in [0.2, 0.25) is 0 Å². The maximum Gasteiger partial charge on any atom is 0.271 e. The van der Waals surface area contributed by atoms with Crippen LogP contribution >= 0.6 is 0 Å². The second kappa shape index (κ2) is 8.89. The van der Waals surface area contributed by atoms with Crippen molar-refractivity contribution in [1.29, 1.82) is 0 Å². The van der Waals surface area contributed by atoms with Gasteiger partial charge in [0.05, 0.1) is 6.21 Å². The van der Waals surface area contributed by atoms with Crippen molar-refractivity contribution in [1.82, 2.24) is 5.43 Å². The minimum atomic E-state index is -0.300. The number of benzene rings is 2.